The van der Waals surface area contributed by atoms with Crippen molar-refractivity contribution in [1.29, 1.82) is 5.26 Å². The predicted octanol–water partition coefficient (Wildman–Crippen LogP) is 1.98. The van der Waals surface area contributed by atoms with Crippen LogP contribution in [0.5, 0.6) is 0 Å². The van der Waals surface area contributed by atoms with Crippen molar-refractivity contribution in [3.8, 4) is 6.07 Å². The van der Waals surface area contributed by atoms with Gasteiger partial charge < -0.3 is 4.90 Å². The minimum absolute atomic E-state index is 0.270. The summed E-state index contributed by atoms with van der Waals surface area (Å²) < 4.78 is 0. The van der Waals surface area contributed by atoms with E-state index in [-0.39, 0.29) is 5.15 Å². The lowest BCUT2D eigenvalue weighted by Crippen LogP contribution is -2.11. The van der Waals surface area contributed by atoms with Crippen molar-refractivity contribution in [3.05, 3.63) is 22.3 Å². The Kier molecular flexibility index (Phi) is 2.74. The van der Waals surface area contributed by atoms with E-state index in [9.17, 15) is 0 Å². The van der Waals surface area contributed by atoms with Crippen LogP contribution in [0.1, 0.15) is 11.1 Å². The summed E-state index contributed by atoms with van der Waals surface area (Å²) in [5.74, 6) is 0.765. The molecule has 0 N–H and O–H groups in total. The molecule has 0 saturated heterocycles. The normalized spacial score (nSPS) is 9.46. The van der Waals surface area contributed by atoms with Gasteiger partial charge in [-0.15, -0.1) is 0 Å². The molecule has 1 rings (SSSR count). The van der Waals surface area contributed by atoms with Crippen LogP contribution in [0.25, 0.3) is 0 Å². The van der Waals surface area contributed by atoms with Gasteiger partial charge in [0.2, 0.25) is 0 Å². The fraction of sp³-hybridized carbons (Fsp3) is 0.333. The van der Waals surface area contributed by atoms with E-state index in [4.69, 9.17) is 16.9 Å². The van der Waals surface area contributed by atoms with E-state index in [1.54, 1.807) is 0 Å². The Morgan fingerprint density at radius 3 is 2.54 bits per heavy atom. The van der Waals surface area contributed by atoms with Gasteiger partial charge in [-0.25, -0.2) is 4.98 Å². The second kappa shape index (κ2) is 3.63. The molecule has 0 spiro atoms. The van der Waals surface area contributed by atoms with Crippen LogP contribution in [0, 0.1) is 18.3 Å². The summed E-state index contributed by atoms with van der Waals surface area (Å²) in [7, 11) is 3.76. The first-order valence-corrected chi connectivity index (χ1v) is 4.18. The molecule has 0 aliphatic rings. The van der Waals surface area contributed by atoms with Gasteiger partial charge in [-0.2, -0.15) is 5.26 Å². The molecule has 0 saturated carbocycles. The lowest BCUT2D eigenvalue weighted by molar-refractivity contribution is 1.06. The molecule has 13 heavy (non-hydrogen) atoms. The van der Waals surface area contributed by atoms with Gasteiger partial charge in [0.25, 0.3) is 0 Å². The molecular weight excluding hydrogens is 186 g/mol. The maximum atomic E-state index is 8.74. The second-order valence-corrected chi connectivity index (χ2v) is 3.33. The van der Waals surface area contributed by atoms with E-state index in [1.165, 1.54) is 0 Å². The molecule has 0 radical (unpaired) electrons. The van der Waals surface area contributed by atoms with Crippen molar-refractivity contribution in [3.63, 3.8) is 0 Å². The van der Waals surface area contributed by atoms with E-state index < -0.39 is 0 Å². The van der Waals surface area contributed by atoms with Crippen LogP contribution in [-0.2, 0) is 0 Å². The molecule has 1 aromatic rings. The van der Waals surface area contributed by atoms with Crippen LogP contribution in [-0.4, -0.2) is 19.1 Å². The average molecular weight is 196 g/mol. The van der Waals surface area contributed by atoms with Crippen molar-refractivity contribution in [2.45, 2.75) is 6.92 Å². The summed E-state index contributed by atoms with van der Waals surface area (Å²) in [6.45, 7) is 1.85. The molecule has 3 nitrogen and oxygen atoms in total. The Morgan fingerprint density at radius 2 is 2.15 bits per heavy atom. The molecule has 0 fully saturated rings. The highest BCUT2D eigenvalue weighted by molar-refractivity contribution is 6.30. The van der Waals surface area contributed by atoms with Gasteiger partial charge in [-0.05, 0) is 18.6 Å². The third kappa shape index (κ3) is 1.90. The van der Waals surface area contributed by atoms with Crippen LogP contribution >= 0.6 is 11.6 Å². The first-order valence-electron chi connectivity index (χ1n) is 3.81. The highest BCUT2D eigenvalue weighted by atomic mass is 35.5. The van der Waals surface area contributed by atoms with E-state index >= 15 is 0 Å². The van der Waals surface area contributed by atoms with E-state index in [0.29, 0.717) is 5.56 Å². The number of nitrogens with zero attached hydrogens (tertiary/aromatic N) is 3. The monoisotopic (exact) mass is 195 g/mol. The van der Waals surface area contributed by atoms with Crippen molar-refractivity contribution in [2.24, 2.45) is 0 Å². The van der Waals surface area contributed by atoms with E-state index in [2.05, 4.69) is 4.98 Å². The molecule has 0 atom stereocenters. The number of anilines is 1. The van der Waals surface area contributed by atoms with Crippen LogP contribution in [0.3, 0.4) is 0 Å². The Bertz CT molecular complexity index is 343. The van der Waals surface area contributed by atoms with Gasteiger partial charge in [-0.1, -0.05) is 11.6 Å². The van der Waals surface area contributed by atoms with Crippen LogP contribution < -0.4 is 4.90 Å². The molecule has 1 aromatic heterocycles. The molecule has 0 amide bonds. The number of rotatable bonds is 1. The zero-order chi connectivity index (χ0) is 10.0. The van der Waals surface area contributed by atoms with Gasteiger partial charge in [0, 0.05) is 14.1 Å². The summed E-state index contributed by atoms with van der Waals surface area (Å²) in [5, 5.41) is 9.01. The van der Waals surface area contributed by atoms with Crippen LogP contribution in [0.15, 0.2) is 6.07 Å². The minimum Gasteiger partial charge on any atom is -0.363 e. The zero-order valence-electron chi connectivity index (χ0n) is 7.80. The third-order valence-electron chi connectivity index (χ3n) is 1.73. The first-order chi connectivity index (χ1) is 6.06. The lowest BCUT2D eigenvalue weighted by Gasteiger charge is -2.12. The van der Waals surface area contributed by atoms with Crippen molar-refractivity contribution >= 4 is 17.4 Å². The molecule has 0 aliphatic heterocycles. The lowest BCUT2D eigenvalue weighted by atomic mass is 10.2. The van der Waals surface area contributed by atoms with Gasteiger partial charge in [0.05, 0.1) is 5.56 Å². The Balaban J connectivity index is 3.30. The van der Waals surface area contributed by atoms with Crippen LogP contribution in [0.2, 0.25) is 5.15 Å². The summed E-state index contributed by atoms with van der Waals surface area (Å²) in [5.41, 5.74) is 1.30. The molecule has 0 bridgehead atoms. The number of aryl methyl sites for hydroxylation is 1. The highest BCUT2D eigenvalue weighted by Gasteiger charge is 2.08. The summed E-state index contributed by atoms with van der Waals surface area (Å²) >= 11 is 5.82. The molecule has 1 heterocycles. The van der Waals surface area contributed by atoms with E-state index in [0.717, 1.165) is 11.4 Å². The third-order valence-corrected chi connectivity index (χ3v) is 2.00. The second-order valence-electron chi connectivity index (χ2n) is 2.97. The predicted molar refractivity (Wildman–Crippen MR) is 53.0 cm³/mol. The highest BCUT2D eigenvalue weighted by Crippen LogP contribution is 2.21. The number of halogens is 1. The number of nitriles is 1. The molecule has 4 heteroatoms. The summed E-state index contributed by atoms with van der Waals surface area (Å²) in [6.07, 6.45) is 0. The quantitative estimate of drug-likeness (QED) is 0.644. The summed E-state index contributed by atoms with van der Waals surface area (Å²) in [6, 6.07) is 3.85. The Labute approximate surface area is 82.6 Å². The zero-order valence-corrected chi connectivity index (χ0v) is 8.55. The fourth-order valence-electron chi connectivity index (χ4n) is 0.981. The SMILES string of the molecule is Cc1cc(N(C)C)nc(Cl)c1C#N. The van der Waals surface area contributed by atoms with Crippen molar-refractivity contribution in [2.75, 3.05) is 19.0 Å². The summed E-state index contributed by atoms with van der Waals surface area (Å²) in [4.78, 5) is 5.92. The maximum absolute atomic E-state index is 8.74. The van der Waals surface area contributed by atoms with Gasteiger partial charge >= 0.3 is 0 Å². The molecule has 0 unspecified atom stereocenters. The number of pyridine rings is 1. The Morgan fingerprint density at radius 1 is 1.54 bits per heavy atom. The number of hydrogen-bond acceptors (Lipinski definition) is 3. The molecule has 68 valence electrons. The van der Waals surface area contributed by atoms with Gasteiger partial charge in [-0.3, -0.25) is 0 Å². The molecular formula is C9H10ClN3. The Hall–Kier alpha value is -1.27. The maximum Gasteiger partial charge on any atom is 0.149 e. The topological polar surface area (TPSA) is 39.9 Å². The number of aromatic nitrogens is 1. The molecule has 0 aromatic carbocycles. The fourth-order valence-corrected chi connectivity index (χ4v) is 1.26. The largest absolute Gasteiger partial charge is 0.363 e. The minimum atomic E-state index is 0.270. The van der Waals surface area contributed by atoms with E-state index in [1.807, 2.05) is 38.1 Å². The standard InChI is InChI=1S/C9H10ClN3/c1-6-4-8(13(2)3)12-9(10)7(6)5-11/h4H,1-3H3. The van der Waals surface area contributed by atoms with Crippen LogP contribution in [0.4, 0.5) is 5.82 Å². The first kappa shape index (κ1) is 9.82. The average Bonchev–Trinajstić information content (AvgIpc) is 2.03. The van der Waals surface area contributed by atoms with Gasteiger partial charge in [0.1, 0.15) is 17.0 Å². The number of hydrogen-bond donors (Lipinski definition) is 0. The molecule has 0 aliphatic carbocycles. The van der Waals surface area contributed by atoms with Crippen molar-refractivity contribution < 1.29 is 0 Å². The van der Waals surface area contributed by atoms with Gasteiger partial charge in [0.15, 0.2) is 0 Å². The smallest absolute Gasteiger partial charge is 0.149 e. The van der Waals surface area contributed by atoms with Crippen molar-refractivity contribution in [1.82, 2.24) is 4.98 Å².